The second-order valence-electron chi connectivity index (χ2n) is 5.45. The van der Waals surface area contributed by atoms with Crippen molar-refractivity contribution >= 4 is 27.5 Å². The Hall–Kier alpha value is -1.68. The minimum absolute atomic E-state index is 0.0363. The number of carbonyl (C=O) groups excluding carboxylic acids is 1. The summed E-state index contributed by atoms with van der Waals surface area (Å²) in [6.45, 7) is 8.12. The van der Waals surface area contributed by atoms with Crippen molar-refractivity contribution in [1.29, 1.82) is 0 Å². The smallest absolute Gasteiger partial charge is 0.260 e. The minimum atomic E-state index is -0.0363. The highest BCUT2D eigenvalue weighted by atomic mass is 79.9. The molecular formula is C17H19BrN2O. The molecule has 0 bridgehead atoms. The van der Waals surface area contributed by atoms with Gasteiger partial charge in [0.05, 0.1) is 5.56 Å². The molecule has 3 nitrogen and oxygen atoms in total. The molecule has 1 heterocycles. The molecule has 1 amide bonds. The topological polar surface area (TPSA) is 33.2 Å². The lowest BCUT2D eigenvalue weighted by molar-refractivity contribution is 0.0979. The summed E-state index contributed by atoms with van der Waals surface area (Å²) >= 11 is 3.36. The largest absolute Gasteiger partial charge is 0.306 e. The maximum atomic E-state index is 12.8. The van der Waals surface area contributed by atoms with Crippen molar-refractivity contribution in [2.45, 2.75) is 33.7 Å². The number of benzene rings is 1. The van der Waals surface area contributed by atoms with Crippen LogP contribution in [0, 0.1) is 13.8 Å². The van der Waals surface area contributed by atoms with E-state index in [-0.39, 0.29) is 11.9 Å². The van der Waals surface area contributed by atoms with Crippen molar-refractivity contribution in [3.63, 3.8) is 0 Å². The second kappa shape index (κ2) is 6.39. The fraction of sp³-hybridized carbons (Fsp3) is 0.294. The molecule has 0 radical (unpaired) electrons. The zero-order valence-electron chi connectivity index (χ0n) is 12.7. The van der Waals surface area contributed by atoms with Gasteiger partial charge in [0.2, 0.25) is 0 Å². The maximum Gasteiger partial charge on any atom is 0.260 e. The van der Waals surface area contributed by atoms with Gasteiger partial charge >= 0.3 is 0 Å². The van der Waals surface area contributed by atoms with Crippen LogP contribution in [0.1, 0.15) is 35.3 Å². The van der Waals surface area contributed by atoms with Crippen LogP contribution in [0.15, 0.2) is 41.1 Å². The van der Waals surface area contributed by atoms with Gasteiger partial charge in [-0.3, -0.25) is 9.78 Å². The molecule has 2 aromatic rings. The highest BCUT2D eigenvalue weighted by Crippen LogP contribution is 2.25. The van der Waals surface area contributed by atoms with Crippen LogP contribution in [0.5, 0.6) is 0 Å². The zero-order valence-corrected chi connectivity index (χ0v) is 14.3. The van der Waals surface area contributed by atoms with Crippen LogP contribution >= 0.6 is 15.9 Å². The van der Waals surface area contributed by atoms with Crippen LogP contribution in [0.4, 0.5) is 5.69 Å². The highest BCUT2D eigenvalue weighted by Gasteiger charge is 2.22. The molecule has 0 aliphatic carbocycles. The van der Waals surface area contributed by atoms with Crippen LogP contribution in [0.3, 0.4) is 0 Å². The molecule has 0 spiro atoms. The van der Waals surface area contributed by atoms with Crippen molar-refractivity contribution in [3.05, 3.63) is 57.8 Å². The SMILES string of the molecule is Cc1ccc(N(C(=O)c2cncc(Br)c2)C(C)C)c(C)c1. The summed E-state index contributed by atoms with van der Waals surface area (Å²) in [6, 6.07) is 8.00. The minimum Gasteiger partial charge on any atom is -0.306 e. The molecule has 4 heteroatoms. The van der Waals surface area contributed by atoms with E-state index in [0.29, 0.717) is 5.56 Å². The molecule has 0 unspecified atom stereocenters. The lowest BCUT2D eigenvalue weighted by Gasteiger charge is -2.28. The molecule has 0 saturated carbocycles. The third-order valence-corrected chi connectivity index (χ3v) is 3.73. The van der Waals surface area contributed by atoms with Gasteiger partial charge in [-0.05, 0) is 61.3 Å². The fourth-order valence-electron chi connectivity index (χ4n) is 2.37. The molecule has 0 N–H and O–H groups in total. The van der Waals surface area contributed by atoms with E-state index in [0.717, 1.165) is 15.7 Å². The molecule has 0 aliphatic heterocycles. The van der Waals surface area contributed by atoms with Crippen LogP contribution in [0.2, 0.25) is 0 Å². The molecule has 0 atom stereocenters. The zero-order chi connectivity index (χ0) is 15.6. The third kappa shape index (κ3) is 3.50. The summed E-state index contributed by atoms with van der Waals surface area (Å²) in [4.78, 5) is 18.7. The van der Waals surface area contributed by atoms with E-state index in [1.807, 2.05) is 37.8 Å². The van der Waals surface area contributed by atoms with Gasteiger partial charge in [-0.15, -0.1) is 0 Å². The number of pyridine rings is 1. The quantitative estimate of drug-likeness (QED) is 0.818. The highest BCUT2D eigenvalue weighted by molar-refractivity contribution is 9.10. The average molecular weight is 347 g/mol. The summed E-state index contributed by atoms with van der Waals surface area (Å²) in [5.74, 6) is -0.0363. The van der Waals surface area contributed by atoms with Crippen LogP contribution < -0.4 is 4.90 Å². The van der Waals surface area contributed by atoms with E-state index in [2.05, 4.69) is 33.9 Å². The lowest BCUT2D eigenvalue weighted by Crippen LogP contribution is -2.37. The predicted molar refractivity (Wildman–Crippen MR) is 89.8 cm³/mol. The number of halogens is 1. The number of hydrogen-bond donors (Lipinski definition) is 0. The third-order valence-electron chi connectivity index (χ3n) is 3.30. The van der Waals surface area contributed by atoms with Crippen molar-refractivity contribution in [2.24, 2.45) is 0 Å². The average Bonchev–Trinajstić information content (AvgIpc) is 2.41. The van der Waals surface area contributed by atoms with Gasteiger partial charge in [0.25, 0.3) is 5.91 Å². The van der Waals surface area contributed by atoms with Crippen LogP contribution in [-0.2, 0) is 0 Å². The first-order chi connectivity index (χ1) is 9.90. The molecule has 1 aromatic heterocycles. The Bertz CT molecular complexity index is 668. The molecule has 21 heavy (non-hydrogen) atoms. The number of hydrogen-bond acceptors (Lipinski definition) is 2. The van der Waals surface area contributed by atoms with Crippen molar-refractivity contribution in [1.82, 2.24) is 4.98 Å². The predicted octanol–water partition coefficient (Wildman–Crippen LogP) is 4.52. The van der Waals surface area contributed by atoms with Gasteiger partial charge in [0.1, 0.15) is 0 Å². The Morgan fingerprint density at radius 3 is 2.48 bits per heavy atom. The van der Waals surface area contributed by atoms with E-state index < -0.39 is 0 Å². The monoisotopic (exact) mass is 346 g/mol. The molecule has 1 aromatic carbocycles. The van der Waals surface area contributed by atoms with E-state index in [9.17, 15) is 4.79 Å². The standard InChI is InChI=1S/C17H19BrN2O/c1-11(2)20(16-6-5-12(3)7-13(16)4)17(21)14-8-15(18)10-19-9-14/h5-11H,1-4H3. The second-order valence-corrected chi connectivity index (χ2v) is 6.37. The van der Waals surface area contributed by atoms with Crippen LogP contribution in [-0.4, -0.2) is 16.9 Å². The molecule has 0 saturated heterocycles. The van der Waals surface area contributed by atoms with Crippen molar-refractivity contribution in [3.8, 4) is 0 Å². The summed E-state index contributed by atoms with van der Waals surface area (Å²) in [7, 11) is 0. The Morgan fingerprint density at radius 1 is 1.19 bits per heavy atom. The van der Waals surface area contributed by atoms with E-state index in [1.165, 1.54) is 5.56 Å². The van der Waals surface area contributed by atoms with Crippen molar-refractivity contribution < 1.29 is 4.79 Å². The van der Waals surface area contributed by atoms with E-state index in [4.69, 9.17) is 0 Å². The Balaban J connectivity index is 2.46. The van der Waals surface area contributed by atoms with Gasteiger partial charge < -0.3 is 4.90 Å². The van der Waals surface area contributed by atoms with Gasteiger partial charge in [-0.25, -0.2) is 0 Å². The normalized spacial score (nSPS) is 10.8. The first-order valence-corrected chi connectivity index (χ1v) is 7.71. The van der Waals surface area contributed by atoms with Crippen molar-refractivity contribution in [2.75, 3.05) is 4.90 Å². The number of anilines is 1. The van der Waals surface area contributed by atoms with Gasteiger partial charge in [0, 0.05) is 28.6 Å². The van der Waals surface area contributed by atoms with E-state index in [1.54, 1.807) is 18.5 Å². The Labute approximate surface area is 134 Å². The summed E-state index contributed by atoms with van der Waals surface area (Å²) in [6.07, 6.45) is 3.28. The molecule has 0 fully saturated rings. The Kier molecular flexibility index (Phi) is 4.78. The fourth-order valence-corrected chi connectivity index (χ4v) is 2.73. The molecule has 0 aliphatic rings. The molecule has 110 valence electrons. The first-order valence-electron chi connectivity index (χ1n) is 6.91. The summed E-state index contributed by atoms with van der Waals surface area (Å²) in [5, 5.41) is 0. The number of aryl methyl sites for hydroxylation is 2. The molecular weight excluding hydrogens is 328 g/mol. The number of carbonyl (C=O) groups is 1. The number of nitrogens with zero attached hydrogens (tertiary/aromatic N) is 2. The maximum absolute atomic E-state index is 12.8. The summed E-state index contributed by atoms with van der Waals surface area (Å²) < 4.78 is 0.803. The van der Waals surface area contributed by atoms with Gasteiger partial charge in [0.15, 0.2) is 0 Å². The number of aromatic nitrogens is 1. The lowest BCUT2D eigenvalue weighted by atomic mass is 10.1. The van der Waals surface area contributed by atoms with Crippen LogP contribution in [0.25, 0.3) is 0 Å². The summed E-state index contributed by atoms with van der Waals surface area (Å²) in [5.41, 5.74) is 3.81. The Morgan fingerprint density at radius 2 is 1.90 bits per heavy atom. The van der Waals surface area contributed by atoms with Gasteiger partial charge in [-0.1, -0.05) is 17.7 Å². The molecule has 2 rings (SSSR count). The number of amides is 1. The first kappa shape index (κ1) is 15.7. The number of rotatable bonds is 3. The van der Waals surface area contributed by atoms with Gasteiger partial charge in [-0.2, -0.15) is 0 Å². The van der Waals surface area contributed by atoms with E-state index >= 15 is 0 Å².